The first-order valence-electron chi connectivity index (χ1n) is 12.1. The zero-order valence-corrected chi connectivity index (χ0v) is 18.3. The molecule has 5 aliphatic rings. The first-order valence-corrected chi connectivity index (χ1v) is 12.1. The molecule has 7 atom stereocenters. The molecule has 0 aromatic rings. The number of fused-ring (bicyclic) bond motifs is 4. The van der Waals surface area contributed by atoms with Crippen LogP contribution in [0.3, 0.4) is 0 Å². The van der Waals surface area contributed by atoms with Crippen molar-refractivity contribution >= 4 is 0 Å². The molecule has 0 saturated heterocycles. The van der Waals surface area contributed by atoms with Gasteiger partial charge in [0.15, 0.2) is 0 Å². The van der Waals surface area contributed by atoms with Crippen molar-refractivity contribution in [2.45, 2.75) is 98.8 Å². The molecule has 5 rings (SSSR count). The third-order valence-corrected chi connectivity index (χ3v) is 9.10. The highest BCUT2D eigenvalue weighted by atomic mass is 14.6. The summed E-state index contributed by atoms with van der Waals surface area (Å²) in [6, 6.07) is 0. The molecule has 0 nitrogen and oxygen atoms in total. The minimum Gasteiger partial charge on any atom is -0.0806 e. The van der Waals surface area contributed by atoms with Crippen LogP contribution in [-0.2, 0) is 0 Å². The van der Waals surface area contributed by atoms with Crippen molar-refractivity contribution in [3.05, 3.63) is 24.3 Å². The fourth-order valence-corrected chi connectivity index (χ4v) is 8.10. The lowest BCUT2D eigenvalue weighted by atomic mass is 9.44. The molecule has 0 aliphatic heterocycles. The summed E-state index contributed by atoms with van der Waals surface area (Å²) in [6.07, 6.45) is 25.1. The second kappa shape index (κ2) is 8.24. The Morgan fingerprint density at radius 1 is 0.731 bits per heavy atom. The van der Waals surface area contributed by atoms with Gasteiger partial charge in [0.25, 0.3) is 0 Å². The van der Waals surface area contributed by atoms with E-state index in [1.54, 1.807) is 19.3 Å². The Hall–Kier alpha value is -0.520. The van der Waals surface area contributed by atoms with Gasteiger partial charge in [-0.3, -0.25) is 0 Å². The minimum absolute atomic E-state index is 0.577. The molecule has 26 heavy (non-hydrogen) atoms. The van der Waals surface area contributed by atoms with Gasteiger partial charge in [-0.1, -0.05) is 71.8 Å². The third kappa shape index (κ3) is 2.94. The Kier molecular flexibility index (Phi) is 6.41. The molecular weight excluding hydrogens is 312 g/mol. The molecule has 0 N–H and O–H groups in total. The van der Waals surface area contributed by atoms with E-state index in [9.17, 15) is 0 Å². The Balaban J connectivity index is 0.000000461. The van der Waals surface area contributed by atoms with Crippen molar-refractivity contribution in [2.24, 2.45) is 40.4 Å². The Morgan fingerprint density at radius 3 is 2.35 bits per heavy atom. The molecule has 0 heterocycles. The van der Waals surface area contributed by atoms with E-state index in [1.807, 2.05) is 27.7 Å². The van der Waals surface area contributed by atoms with Crippen LogP contribution < -0.4 is 0 Å². The summed E-state index contributed by atoms with van der Waals surface area (Å²) in [5, 5.41) is 0. The molecule has 7 unspecified atom stereocenters. The minimum atomic E-state index is 0.577. The second-order valence-electron chi connectivity index (χ2n) is 9.48. The van der Waals surface area contributed by atoms with Gasteiger partial charge >= 0.3 is 0 Å². The van der Waals surface area contributed by atoms with E-state index in [4.69, 9.17) is 0 Å². The van der Waals surface area contributed by atoms with E-state index >= 15 is 0 Å². The Morgan fingerprint density at radius 2 is 1.54 bits per heavy atom. The number of hydrogen-bond acceptors (Lipinski definition) is 0. The number of hydrogen-bond donors (Lipinski definition) is 0. The highest BCUT2D eigenvalue weighted by molar-refractivity contribution is 5.26. The van der Waals surface area contributed by atoms with Gasteiger partial charge in [0.05, 0.1) is 0 Å². The lowest BCUT2D eigenvalue weighted by Gasteiger charge is -2.60. The summed E-state index contributed by atoms with van der Waals surface area (Å²) in [4.78, 5) is 0. The van der Waals surface area contributed by atoms with Gasteiger partial charge < -0.3 is 0 Å². The maximum atomic E-state index is 2.70. The van der Waals surface area contributed by atoms with Crippen molar-refractivity contribution in [1.82, 2.24) is 0 Å². The predicted octanol–water partition coefficient (Wildman–Crippen LogP) is 8.19. The summed E-state index contributed by atoms with van der Waals surface area (Å²) >= 11 is 0. The molecule has 5 aliphatic carbocycles. The van der Waals surface area contributed by atoms with E-state index in [2.05, 4.69) is 31.2 Å². The van der Waals surface area contributed by atoms with Gasteiger partial charge in [0, 0.05) is 0 Å². The van der Waals surface area contributed by atoms with Crippen LogP contribution in [0.2, 0.25) is 0 Å². The quantitative estimate of drug-likeness (QED) is 0.410. The molecule has 148 valence electrons. The predicted molar refractivity (Wildman–Crippen MR) is 115 cm³/mol. The Labute approximate surface area is 163 Å². The topological polar surface area (TPSA) is 0 Å². The Bertz CT molecular complexity index is 514. The molecule has 0 radical (unpaired) electrons. The average molecular weight is 357 g/mol. The summed E-state index contributed by atoms with van der Waals surface area (Å²) in [5.41, 5.74) is 1.28. The standard InChI is InChI=1S/C22H32.2C2H6/c1-21-13-4-2-6-16(21)8-10-18-19(21)12-15-22-14-5-3-7-17(22)9-11-20(18)22;2*1-2/h3,5,7,14,16-20H,2,4,6,8-13,15H2,1H3;2*1-2H3. The first-order chi connectivity index (χ1) is 12.7. The second-order valence-corrected chi connectivity index (χ2v) is 9.48. The molecule has 0 bridgehead atoms. The van der Waals surface area contributed by atoms with E-state index < -0.39 is 0 Å². The number of rotatable bonds is 0. The molecule has 0 heteroatoms. The van der Waals surface area contributed by atoms with Crippen LogP contribution in [0.15, 0.2) is 24.3 Å². The fraction of sp³-hybridized carbons (Fsp3) is 0.846. The van der Waals surface area contributed by atoms with Gasteiger partial charge in [-0.15, -0.1) is 0 Å². The van der Waals surface area contributed by atoms with Gasteiger partial charge in [-0.2, -0.15) is 0 Å². The highest BCUT2D eigenvalue weighted by Crippen LogP contribution is 2.68. The van der Waals surface area contributed by atoms with E-state index in [-0.39, 0.29) is 0 Å². The van der Waals surface area contributed by atoms with Crippen LogP contribution in [0.25, 0.3) is 0 Å². The third-order valence-electron chi connectivity index (χ3n) is 9.10. The maximum Gasteiger partial charge on any atom is -0.00212 e. The summed E-state index contributed by atoms with van der Waals surface area (Å²) < 4.78 is 0. The summed E-state index contributed by atoms with van der Waals surface area (Å²) in [5.74, 6) is 5.06. The van der Waals surface area contributed by atoms with E-state index in [0.29, 0.717) is 10.8 Å². The number of allylic oxidation sites excluding steroid dienone is 4. The smallest absolute Gasteiger partial charge is 0.00212 e. The van der Waals surface area contributed by atoms with Crippen molar-refractivity contribution in [3.8, 4) is 0 Å². The normalized spacial score (nSPS) is 47.8. The molecule has 1 spiro atoms. The van der Waals surface area contributed by atoms with Gasteiger partial charge in [0.2, 0.25) is 0 Å². The first kappa shape index (κ1) is 20.2. The average Bonchev–Trinajstić information content (AvgIpc) is 3.10. The van der Waals surface area contributed by atoms with Crippen LogP contribution in [0, 0.1) is 40.4 Å². The van der Waals surface area contributed by atoms with Crippen LogP contribution in [-0.4, -0.2) is 0 Å². The van der Waals surface area contributed by atoms with Crippen molar-refractivity contribution in [2.75, 3.05) is 0 Å². The van der Waals surface area contributed by atoms with Gasteiger partial charge in [-0.25, -0.2) is 0 Å². The summed E-state index contributed by atoms with van der Waals surface area (Å²) in [6.45, 7) is 10.7. The summed E-state index contributed by atoms with van der Waals surface area (Å²) in [7, 11) is 0. The van der Waals surface area contributed by atoms with Crippen molar-refractivity contribution in [1.29, 1.82) is 0 Å². The van der Waals surface area contributed by atoms with Crippen molar-refractivity contribution in [3.63, 3.8) is 0 Å². The lowest BCUT2D eigenvalue weighted by Crippen LogP contribution is -2.53. The zero-order chi connectivity index (χ0) is 18.8. The molecule has 0 aromatic heterocycles. The zero-order valence-electron chi connectivity index (χ0n) is 18.3. The molecule has 0 amide bonds. The molecule has 4 fully saturated rings. The maximum absolute atomic E-state index is 2.70. The lowest BCUT2D eigenvalue weighted by molar-refractivity contribution is -0.101. The SMILES string of the molecule is CC.CC.CC12CCCCC1CCC1C2CCC23C=CC=CC2CCC13. The largest absolute Gasteiger partial charge is 0.0806 e. The van der Waals surface area contributed by atoms with Crippen LogP contribution in [0.1, 0.15) is 98.8 Å². The van der Waals surface area contributed by atoms with Crippen molar-refractivity contribution < 1.29 is 0 Å². The molecular formula is C26H44. The van der Waals surface area contributed by atoms with Gasteiger partial charge in [0.1, 0.15) is 0 Å². The fourth-order valence-electron chi connectivity index (χ4n) is 8.10. The van der Waals surface area contributed by atoms with Gasteiger partial charge in [-0.05, 0) is 91.8 Å². The van der Waals surface area contributed by atoms with E-state index in [1.165, 1.54) is 44.9 Å². The highest BCUT2D eigenvalue weighted by Gasteiger charge is 2.60. The van der Waals surface area contributed by atoms with Crippen LogP contribution >= 0.6 is 0 Å². The van der Waals surface area contributed by atoms with Crippen LogP contribution in [0.5, 0.6) is 0 Å². The monoisotopic (exact) mass is 356 g/mol. The molecule has 4 saturated carbocycles. The van der Waals surface area contributed by atoms with Crippen LogP contribution in [0.4, 0.5) is 0 Å². The van der Waals surface area contributed by atoms with E-state index in [0.717, 1.165) is 29.6 Å². The molecule has 0 aromatic carbocycles.